The molecule has 0 fully saturated rings. The Balaban J connectivity index is 1.61. The van der Waals surface area contributed by atoms with Crippen molar-refractivity contribution in [3.8, 4) is 5.75 Å². The van der Waals surface area contributed by atoms with Gasteiger partial charge in [0.05, 0.1) is 20.2 Å². The first-order valence-corrected chi connectivity index (χ1v) is 8.71. The van der Waals surface area contributed by atoms with E-state index in [1.807, 2.05) is 37.3 Å². The largest absolute Gasteiger partial charge is 0.497 e. The number of benzene rings is 2. The molecule has 0 aliphatic carbocycles. The van der Waals surface area contributed by atoms with E-state index < -0.39 is 0 Å². The summed E-state index contributed by atoms with van der Waals surface area (Å²) in [5.41, 5.74) is 3.44. The molecular weight excluding hydrogens is 312 g/mol. The number of rotatable bonds is 5. The van der Waals surface area contributed by atoms with Gasteiger partial charge in [-0.05, 0) is 36.3 Å². The zero-order chi connectivity index (χ0) is 17.6. The molecular formula is C21H25N2O2+. The Morgan fingerprint density at radius 3 is 2.64 bits per heavy atom. The summed E-state index contributed by atoms with van der Waals surface area (Å²) in [7, 11) is 1.62. The highest BCUT2D eigenvalue weighted by atomic mass is 16.5. The number of hydrogen-bond acceptors (Lipinski definition) is 2. The first-order chi connectivity index (χ1) is 12.2. The molecule has 4 heteroatoms. The number of quaternary nitrogens is 1. The summed E-state index contributed by atoms with van der Waals surface area (Å²) in [4.78, 5) is 13.9. The molecule has 0 bridgehead atoms. The van der Waals surface area contributed by atoms with Crippen molar-refractivity contribution in [1.29, 1.82) is 0 Å². The van der Waals surface area contributed by atoms with Gasteiger partial charge in [-0.2, -0.15) is 0 Å². The first-order valence-electron chi connectivity index (χ1n) is 8.71. The van der Waals surface area contributed by atoms with Crippen LogP contribution in [0.5, 0.6) is 5.75 Å². The second-order valence-corrected chi connectivity index (χ2v) is 6.40. The first kappa shape index (κ1) is 17.2. The van der Waals surface area contributed by atoms with Crippen molar-refractivity contribution < 1.29 is 14.4 Å². The van der Waals surface area contributed by atoms with Crippen molar-refractivity contribution in [3.63, 3.8) is 0 Å². The number of hydrogen-bond donors (Lipinski definition) is 2. The van der Waals surface area contributed by atoms with E-state index in [4.69, 9.17) is 4.74 Å². The van der Waals surface area contributed by atoms with Gasteiger partial charge < -0.3 is 15.0 Å². The minimum atomic E-state index is -0.0974. The number of ether oxygens (including phenoxy) is 1. The molecule has 3 rings (SSSR count). The van der Waals surface area contributed by atoms with E-state index in [1.165, 1.54) is 16.0 Å². The summed E-state index contributed by atoms with van der Waals surface area (Å²) >= 11 is 0. The van der Waals surface area contributed by atoms with Crippen molar-refractivity contribution in [1.82, 2.24) is 0 Å². The van der Waals surface area contributed by atoms with E-state index in [-0.39, 0.29) is 11.9 Å². The van der Waals surface area contributed by atoms with Crippen LogP contribution in [-0.4, -0.2) is 32.1 Å². The fourth-order valence-electron chi connectivity index (χ4n) is 3.20. The summed E-state index contributed by atoms with van der Waals surface area (Å²) < 4.78 is 5.20. The summed E-state index contributed by atoms with van der Waals surface area (Å²) in [6, 6.07) is 17.8. The van der Waals surface area contributed by atoms with Gasteiger partial charge in [-0.25, -0.2) is 0 Å². The van der Waals surface area contributed by atoms with Crippen LogP contribution in [0.15, 0.2) is 60.7 Å². The Labute approximate surface area is 149 Å². The molecule has 0 spiro atoms. The van der Waals surface area contributed by atoms with Crippen molar-refractivity contribution in [2.45, 2.75) is 19.4 Å². The van der Waals surface area contributed by atoms with E-state index in [1.54, 1.807) is 7.11 Å². The molecule has 4 nitrogen and oxygen atoms in total. The quantitative estimate of drug-likeness (QED) is 0.880. The molecule has 130 valence electrons. The molecule has 1 aliphatic heterocycles. The van der Waals surface area contributed by atoms with Gasteiger partial charge in [0.2, 0.25) is 0 Å². The molecule has 0 saturated carbocycles. The summed E-state index contributed by atoms with van der Waals surface area (Å²) in [6.45, 7) is 3.83. The Kier molecular flexibility index (Phi) is 5.51. The molecule has 0 saturated heterocycles. The van der Waals surface area contributed by atoms with Crippen LogP contribution in [0, 0.1) is 0 Å². The lowest BCUT2D eigenvalue weighted by Gasteiger charge is -2.28. The molecule has 2 aromatic carbocycles. The number of methoxy groups -OCH3 is 1. The minimum Gasteiger partial charge on any atom is -0.497 e. The van der Waals surface area contributed by atoms with Crippen molar-refractivity contribution in [3.05, 3.63) is 66.2 Å². The van der Waals surface area contributed by atoms with Gasteiger partial charge >= 0.3 is 0 Å². The Hall–Kier alpha value is -2.59. The van der Waals surface area contributed by atoms with Crippen LogP contribution in [-0.2, 0) is 4.79 Å². The third kappa shape index (κ3) is 4.28. The second kappa shape index (κ2) is 7.99. The minimum absolute atomic E-state index is 0.0415. The van der Waals surface area contributed by atoms with Gasteiger partial charge in [-0.1, -0.05) is 36.4 Å². The highest BCUT2D eigenvalue weighted by molar-refractivity contribution is 5.93. The van der Waals surface area contributed by atoms with Crippen LogP contribution < -0.4 is 15.0 Å². The number of nitrogens with one attached hydrogen (secondary N) is 2. The van der Waals surface area contributed by atoms with Crippen LogP contribution in [0.2, 0.25) is 0 Å². The van der Waals surface area contributed by atoms with Crippen LogP contribution in [0.3, 0.4) is 0 Å². The van der Waals surface area contributed by atoms with Crippen LogP contribution in [0.4, 0.5) is 5.69 Å². The van der Waals surface area contributed by atoms with Gasteiger partial charge in [-0.15, -0.1) is 0 Å². The third-order valence-corrected chi connectivity index (χ3v) is 4.81. The van der Waals surface area contributed by atoms with E-state index in [0.717, 1.165) is 30.9 Å². The van der Waals surface area contributed by atoms with E-state index in [2.05, 4.69) is 35.7 Å². The zero-order valence-electron chi connectivity index (χ0n) is 14.8. The van der Waals surface area contributed by atoms with Gasteiger partial charge in [0.25, 0.3) is 5.91 Å². The molecule has 0 aromatic heterocycles. The molecule has 1 aliphatic rings. The van der Waals surface area contributed by atoms with Crippen LogP contribution in [0.25, 0.3) is 5.57 Å². The molecule has 2 N–H and O–H groups in total. The maximum absolute atomic E-state index is 12.6. The van der Waals surface area contributed by atoms with Crippen LogP contribution >= 0.6 is 0 Å². The molecule has 1 amide bonds. The highest BCUT2D eigenvalue weighted by Crippen LogP contribution is 2.18. The molecule has 1 heterocycles. The Morgan fingerprint density at radius 2 is 1.96 bits per heavy atom. The molecule has 0 radical (unpaired) electrons. The number of carbonyl (C=O) groups is 1. The van der Waals surface area contributed by atoms with Gasteiger partial charge in [0, 0.05) is 18.2 Å². The molecule has 1 unspecified atom stereocenters. The average molecular weight is 337 g/mol. The summed E-state index contributed by atoms with van der Waals surface area (Å²) in [5.74, 6) is 0.783. The van der Waals surface area contributed by atoms with Gasteiger partial charge in [0.1, 0.15) is 5.75 Å². The predicted molar refractivity (Wildman–Crippen MR) is 101 cm³/mol. The van der Waals surface area contributed by atoms with E-state index >= 15 is 0 Å². The van der Waals surface area contributed by atoms with Crippen molar-refractivity contribution in [2.75, 3.05) is 25.5 Å². The summed E-state index contributed by atoms with van der Waals surface area (Å²) in [5, 5.41) is 3.00. The SMILES string of the molecule is COc1cccc(NC(=O)[C@H](C)[NH+]2CC=C(c3ccccc3)CC2)c1. The molecule has 2 atom stereocenters. The Bertz CT molecular complexity index is 756. The van der Waals surface area contributed by atoms with E-state index in [9.17, 15) is 4.79 Å². The van der Waals surface area contributed by atoms with Gasteiger partial charge in [-0.3, -0.25) is 4.79 Å². The highest BCUT2D eigenvalue weighted by Gasteiger charge is 2.27. The maximum atomic E-state index is 12.6. The molecule has 25 heavy (non-hydrogen) atoms. The maximum Gasteiger partial charge on any atom is 0.282 e. The number of amides is 1. The Morgan fingerprint density at radius 1 is 1.16 bits per heavy atom. The normalized spacial score (nSPS) is 18.2. The van der Waals surface area contributed by atoms with Crippen LogP contribution in [0.1, 0.15) is 18.9 Å². The lowest BCUT2D eigenvalue weighted by molar-refractivity contribution is -0.909. The van der Waals surface area contributed by atoms with E-state index in [0.29, 0.717) is 0 Å². The zero-order valence-corrected chi connectivity index (χ0v) is 14.8. The topological polar surface area (TPSA) is 42.8 Å². The van der Waals surface area contributed by atoms with Crippen molar-refractivity contribution >= 4 is 17.2 Å². The number of carbonyl (C=O) groups excluding carboxylic acids is 1. The fourth-order valence-corrected chi connectivity index (χ4v) is 3.20. The number of anilines is 1. The lowest BCUT2D eigenvalue weighted by atomic mass is 9.99. The fraction of sp³-hybridized carbons (Fsp3) is 0.286. The predicted octanol–water partition coefficient (Wildman–Crippen LogP) is 2.39. The monoisotopic (exact) mass is 337 g/mol. The smallest absolute Gasteiger partial charge is 0.282 e. The lowest BCUT2D eigenvalue weighted by Crippen LogP contribution is -3.17. The van der Waals surface area contributed by atoms with Crippen molar-refractivity contribution in [2.24, 2.45) is 0 Å². The molecule has 2 aromatic rings. The van der Waals surface area contributed by atoms with Gasteiger partial charge in [0.15, 0.2) is 6.04 Å². The third-order valence-electron chi connectivity index (χ3n) is 4.81. The second-order valence-electron chi connectivity index (χ2n) is 6.40. The standard InChI is InChI=1S/C21H24N2O2/c1-16(21(24)22-19-9-6-10-20(15-19)25-2)23-13-11-18(12-14-23)17-7-4-3-5-8-17/h3-11,15-16H,12-14H2,1-2H3,(H,22,24)/p+1/t16-/m0/s1. The average Bonchev–Trinajstić information content (AvgIpc) is 2.68. The summed E-state index contributed by atoms with van der Waals surface area (Å²) in [6.07, 6.45) is 3.26.